The molecule has 0 bridgehead atoms. The molecule has 0 amide bonds. The molecule has 0 saturated carbocycles. The second kappa shape index (κ2) is 5.83. The minimum Gasteiger partial charge on any atom is -0.329 e. The Morgan fingerprint density at radius 3 is 2.82 bits per heavy atom. The summed E-state index contributed by atoms with van der Waals surface area (Å²) in [6, 6.07) is 7.50. The zero-order valence-electron chi connectivity index (χ0n) is 12.4. The minimum absolute atomic E-state index is 0.138. The molecule has 0 atom stereocenters. The van der Waals surface area contributed by atoms with Gasteiger partial charge in [0.05, 0.1) is 0 Å². The van der Waals surface area contributed by atoms with Gasteiger partial charge in [-0.15, -0.1) is 11.3 Å². The normalized spacial score (nSPS) is 12.3. The average Bonchev–Trinajstić information content (AvgIpc) is 3.13. The van der Waals surface area contributed by atoms with Gasteiger partial charge >= 0.3 is 0 Å². The lowest BCUT2D eigenvalue weighted by Gasteiger charge is -2.07. The predicted molar refractivity (Wildman–Crippen MR) is 88.5 cm³/mol. The third-order valence-corrected chi connectivity index (χ3v) is 5.72. The van der Waals surface area contributed by atoms with Gasteiger partial charge in [-0.2, -0.15) is 0 Å². The van der Waals surface area contributed by atoms with E-state index in [0.717, 1.165) is 4.88 Å². The van der Waals surface area contributed by atoms with E-state index in [9.17, 15) is 8.42 Å². The summed E-state index contributed by atoms with van der Waals surface area (Å²) in [5, 5.41) is 2.58. The second-order valence-corrected chi connectivity index (χ2v) is 8.04. The quantitative estimate of drug-likeness (QED) is 0.779. The van der Waals surface area contributed by atoms with Crippen LogP contribution in [0.15, 0.2) is 46.9 Å². The van der Waals surface area contributed by atoms with Gasteiger partial charge < -0.3 is 4.57 Å². The second-order valence-electron chi connectivity index (χ2n) is 5.27. The van der Waals surface area contributed by atoms with Crippen molar-refractivity contribution in [3.8, 4) is 0 Å². The Hall–Kier alpha value is -1.70. The molecule has 0 aromatic carbocycles. The zero-order valence-corrected chi connectivity index (χ0v) is 14.0. The molecule has 0 spiro atoms. The smallest absolute Gasteiger partial charge is 0.243 e. The highest BCUT2D eigenvalue weighted by atomic mass is 32.2. The molecule has 22 heavy (non-hydrogen) atoms. The van der Waals surface area contributed by atoms with Crippen molar-refractivity contribution < 1.29 is 8.42 Å². The molecule has 0 aliphatic carbocycles. The Labute approximate surface area is 133 Å². The first-order valence-corrected chi connectivity index (χ1v) is 9.33. The van der Waals surface area contributed by atoms with E-state index in [1.54, 1.807) is 24.5 Å². The fourth-order valence-electron chi connectivity index (χ4n) is 2.32. The van der Waals surface area contributed by atoms with E-state index in [4.69, 9.17) is 0 Å². The maximum absolute atomic E-state index is 12.6. The number of aromatic nitrogens is 2. The van der Waals surface area contributed by atoms with Crippen LogP contribution >= 0.6 is 11.3 Å². The van der Waals surface area contributed by atoms with E-state index in [1.165, 1.54) is 11.3 Å². The number of pyridine rings is 1. The van der Waals surface area contributed by atoms with E-state index in [1.807, 2.05) is 35.9 Å². The van der Waals surface area contributed by atoms with E-state index in [0.29, 0.717) is 17.6 Å². The van der Waals surface area contributed by atoms with Crippen molar-refractivity contribution in [2.45, 2.75) is 31.3 Å². The molecule has 3 aromatic rings. The minimum atomic E-state index is -3.58. The van der Waals surface area contributed by atoms with Crippen molar-refractivity contribution in [2.75, 3.05) is 0 Å². The molecule has 7 heteroatoms. The van der Waals surface area contributed by atoms with Crippen molar-refractivity contribution in [2.24, 2.45) is 0 Å². The van der Waals surface area contributed by atoms with Gasteiger partial charge in [0.25, 0.3) is 0 Å². The number of nitrogens with one attached hydrogen (secondary N) is 1. The first-order valence-electron chi connectivity index (χ1n) is 6.96. The summed E-state index contributed by atoms with van der Waals surface area (Å²) in [7, 11) is -3.58. The molecule has 0 aliphatic heterocycles. The van der Waals surface area contributed by atoms with Crippen LogP contribution in [0.2, 0.25) is 0 Å². The maximum atomic E-state index is 12.6. The summed E-state index contributed by atoms with van der Waals surface area (Å²) in [4.78, 5) is 5.58. The van der Waals surface area contributed by atoms with Gasteiger partial charge in [-0.1, -0.05) is 6.07 Å². The Morgan fingerprint density at radius 2 is 2.14 bits per heavy atom. The lowest BCUT2D eigenvalue weighted by Crippen LogP contribution is -2.22. The summed E-state index contributed by atoms with van der Waals surface area (Å²) in [5.41, 5.74) is 0.689. The number of fused-ring (bicyclic) bond motifs is 1. The third-order valence-electron chi connectivity index (χ3n) is 3.42. The van der Waals surface area contributed by atoms with Gasteiger partial charge in [0.15, 0.2) is 0 Å². The van der Waals surface area contributed by atoms with Gasteiger partial charge in [0.2, 0.25) is 10.0 Å². The summed E-state index contributed by atoms with van der Waals surface area (Å²) >= 11 is 1.53. The summed E-state index contributed by atoms with van der Waals surface area (Å²) in [6.45, 7) is 4.31. The van der Waals surface area contributed by atoms with Crippen LogP contribution in [0.1, 0.15) is 24.8 Å². The Balaban J connectivity index is 2.01. The molecule has 116 valence electrons. The molecule has 3 heterocycles. The lowest BCUT2D eigenvalue weighted by molar-refractivity contribution is 0.579. The first kappa shape index (κ1) is 15.2. The van der Waals surface area contributed by atoms with Crippen molar-refractivity contribution in [1.82, 2.24) is 14.3 Å². The van der Waals surface area contributed by atoms with Crippen LogP contribution in [0.25, 0.3) is 11.0 Å². The van der Waals surface area contributed by atoms with E-state index < -0.39 is 10.0 Å². The average molecular weight is 335 g/mol. The molecule has 5 nitrogen and oxygen atoms in total. The predicted octanol–water partition coefficient (Wildman–Crippen LogP) is 3.16. The van der Waals surface area contributed by atoms with E-state index in [2.05, 4.69) is 9.71 Å². The van der Waals surface area contributed by atoms with Crippen LogP contribution in [0, 0.1) is 0 Å². The number of hydrogen-bond donors (Lipinski definition) is 1. The molecule has 0 fully saturated rings. The van der Waals surface area contributed by atoms with Crippen molar-refractivity contribution in [1.29, 1.82) is 0 Å². The number of hydrogen-bond acceptors (Lipinski definition) is 4. The van der Waals surface area contributed by atoms with Gasteiger partial charge in [-0.3, -0.25) is 0 Å². The monoisotopic (exact) mass is 335 g/mol. The SMILES string of the molecule is CC(C)n1cc(S(=O)(=O)NCc2cccs2)c2cccnc21. The van der Waals surface area contributed by atoms with Gasteiger partial charge in [-0.25, -0.2) is 18.1 Å². The molecule has 0 radical (unpaired) electrons. The van der Waals surface area contributed by atoms with Crippen LogP contribution < -0.4 is 4.72 Å². The molecule has 1 N–H and O–H groups in total. The third kappa shape index (κ3) is 2.79. The number of thiophene rings is 1. The van der Waals surface area contributed by atoms with Gasteiger partial charge in [-0.05, 0) is 37.4 Å². The van der Waals surface area contributed by atoms with Crippen LogP contribution in [0.5, 0.6) is 0 Å². The van der Waals surface area contributed by atoms with Crippen LogP contribution in [0.3, 0.4) is 0 Å². The van der Waals surface area contributed by atoms with Crippen LogP contribution in [-0.2, 0) is 16.6 Å². The maximum Gasteiger partial charge on any atom is 0.243 e. The molecule has 3 aromatic heterocycles. The topological polar surface area (TPSA) is 64.0 Å². The molecular formula is C15H17N3O2S2. The highest BCUT2D eigenvalue weighted by Gasteiger charge is 2.22. The lowest BCUT2D eigenvalue weighted by atomic mass is 10.3. The van der Waals surface area contributed by atoms with Crippen molar-refractivity contribution in [3.05, 3.63) is 46.9 Å². The Morgan fingerprint density at radius 1 is 1.32 bits per heavy atom. The van der Waals surface area contributed by atoms with E-state index >= 15 is 0 Å². The summed E-state index contributed by atoms with van der Waals surface area (Å²) in [6.07, 6.45) is 3.34. The van der Waals surface area contributed by atoms with Crippen molar-refractivity contribution in [3.63, 3.8) is 0 Å². The summed E-state index contributed by atoms with van der Waals surface area (Å²) < 4.78 is 29.8. The number of nitrogens with zero attached hydrogens (tertiary/aromatic N) is 2. The number of rotatable bonds is 5. The fourth-order valence-corrected chi connectivity index (χ4v) is 4.26. The highest BCUT2D eigenvalue weighted by Crippen LogP contribution is 2.26. The molecule has 0 unspecified atom stereocenters. The molecule has 3 rings (SSSR count). The summed E-state index contributed by atoms with van der Waals surface area (Å²) in [5.74, 6) is 0. The fraction of sp³-hybridized carbons (Fsp3) is 0.267. The Kier molecular flexibility index (Phi) is 4.03. The van der Waals surface area contributed by atoms with Crippen LogP contribution in [-0.4, -0.2) is 18.0 Å². The van der Waals surface area contributed by atoms with E-state index in [-0.39, 0.29) is 10.9 Å². The standard InChI is InChI=1S/C15H17N3O2S2/c1-11(2)18-10-14(13-6-3-7-16-15(13)18)22(19,20)17-9-12-5-4-8-21-12/h3-8,10-11,17H,9H2,1-2H3. The van der Waals surface area contributed by atoms with Gasteiger partial charge in [0.1, 0.15) is 10.5 Å². The zero-order chi connectivity index (χ0) is 15.7. The number of sulfonamides is 1. The first-order chi connectivity index (χ1) is 10.5. The Bertz CT molecular complexity index is 881. The van der Waals surface area contributed by atoms with Gasteiger partial charge in [0, 0.05) is 35.2 Å². The largest absolute Gasteiger partial charge is 0.329 e. The molecule has 0 aliphatic rings. The van der Waals surface area contributed by atoms with Crippen molar-refractivity contribution >= 4 is 32.4 Å². The molecular weight excluding hydrogens is 318 g/mol. The van der Waals surface area contributed by atoms with Crippen LogP contribution in [0.4, 0.5) is 0 Å². The molecule has 0 saturated heterocycles. The highest BCUT2D eigenvalue weighted by molar-refractivity contribution is 7.89.